The first kappa shape index (κ1) is 18.5. The van der Waals surface area contributed by atoms with Crippen LogP contribution in [0.25, 0.3) is 10.2 Å². The Kier molecular flexibility index (Phi) is 5.04. The van der Waals surface area contributed by atoms with Crippen molar-refractivity contribution in [1.82, 2.24) is 14.9 Å². The van der Waals surface area contributed by atoms with Crippen LogP contribution >= 0.6 is 11.3 Å². The molecule has 2 amide bonds. The Morgan fingerprint density at radius 2 is 2.04 bits per heavy atom. The van der Waals surface area contributed by atoms with Crippen molar-refractivity contribution in [2.45, 2.75) is 25.7 Å². The minimum atomic E-state index is -0.502. The van der Waals surface area contributed by atoms with Gasteiger partial charge in [0, 0.05) is 24.7 Å². The van der Waals surface area contributed by atoms with Gasteiger partial charge in [-0.3, -0.25) is 0 Å². The van der Waals surface area contributed by atoms with E-state index in [2.05, 4.69) is 16.4 Å². The number of amides is 2. The molecule has 1 aromatic carbocycles. The first-order valence-electron chi connectivity index (χ1n) is 9.24. The lowest BCUT2D eigenvalue weighted by Crippen LogP contribution is -2.40. The lowest BCUT2D eigenvalue weighted by molar-refractivity contribution is 0.0596. The second kappa shape index (κ2) is 7.63. The summed E-state index contributed by atoms with van der Waals surface area (Å²) >= 11 is 1.74. The van der Waals surface area contributed by atoms with Crippen LogP contribution in [0, 0.1) is 6.92 Å². The molecule has 0 aliphatic carbocycles. The van der Waals surface area contributed by atoms with Gasteiger partial charge in [0.25, 0.3) is 0 Å². The molecule has 1 aliphatic heterocycles. The lowest BCUT2D eigenvalue weighted by atomic mass is 9.98. The van der Waals surface area contributed by atoms with E-state index in [-0.39, 0.29) is 11.7 Å². The van der Waals surface area contributed by atoms with Gasteiger partial charge in [-0.05, 0) is 38.0 Å². The lowest BCUT2D eigenvalue weighted by Gasteiger charge is -2.31. The molecule has 1 aliphatic rings. The van der Waals surface area contributed by atoms with Crippen molar-refractivity contribution in [3.63, 3.8) is 0 Å². The molecular formula is C20H22N4O3S. The van der Waals surface area contributed by atoms with Crippen molar-refractivity contribution in [2.75, 3.05) is 25.5 Å². The summed E-state index contributed by atoms with van der Waals surface area (Å²) in [5, 5.41) is 3.98. The van der Waals surface area contributed by atoms with Crippen LogP contribution in [-0.4, -0.2) is 47.1 Å². The van der Waals surface area contributed by atoms with Crippen LogP contribution in [0.1, 0.15) is 39.9 Å². The average Bonchev–Trinajstić information content (AvgIpc) is 3.30. The number of nitrogens with one attached hydrogen (secondary N) is 2. The van der Waals surface area contributed by atoms with Gasteiger partial charge in [-0.1, -0.05) is 12.1 Å². The zero-order valence-corrected chi connectivity index (χ0v) is 16.6. The fourth-order valence-corrected chi connectivity index (χ4v) is 4.68. The highest BCUT2D eigenvalue weighted by Crippen LogP contribution is 2.34. The number of para-hydroxylation sites is 1. The van der Waals surface area contributed by atoms with Crippen molar-refractivity contribution < 1.29 is 14.3 Å². The molecular weight excluding hydrogens is 376 g/mol. The molecule has 0 atom stereocenters. The number of benzene rings is 1. The fourth-order valence-electron chi connectivity index (χ4n) is 3.54. The van der Waals surface area contributed by atoms with Crippen molar-refractivity contribution in [1.29, 1.82) is 0 Å². The highest BCUT2D eigenvalue weighted by atomic mass is 32.1. The SMILES string of the molecule is COC(=O)c1[nH]c(C)cc1NC(=O)N1CCC(c2nc3ccccc3s2)CC1. The number of nitrogens with zero attached hydrogens (tertiary/aromatic N) is 2. The van der Waals surface area contributed by atoms with E-state index in [9.17, 15) is 9.59 Å². The Balaban J connectivity index is 1.40. The first-order valence-corrected chi connectivity index (χ1v) is 10.1. The van der Waals surface area contributed by atoms with E-state index in [0.717, 1.165) is 29.1 Å². The summed E-state index contributed by atoms with van der Waals surface area (Å²) in [5.74, 6) is -0.125. The van der Waals surface area contributed by atoms with Crippen molar-refractivity contribution >= 4 is 39.2 Å². The van der Waals surface area contributed by atoms with Crippen LogP contribution in [0.4, 0.5) is 10.5 Å². The molecule has 28 heavy (non-hydrogen) atoms. The maximum atomic E-state index is 12.7. The second-order valence-corrected chi connectivity index (χ2v) is 8.01. The number of urea groups is 1. The number of esters is 1. The third-order valence-electron chi connectivity index (χ3n) is 5.03. The van der Waals surface area contributed by atoms with Crippen LogP contribution in [-0.2, 0) is 4.74 Å². The molecule has 3 heterocycles. The number of carbonyl (C=O) groups excluding carboxylic acids is 2. The maximum absolute atomic E-state index is 12.7. The first-order chi connectivity index (χ1) is 13.5. The fraction of sp³-hybridized carbons (Fsp3) is 0.350. The van der Waals surface area contributed by atoms with E-state index >= 15 is 0 Å². The number of hydrogen-bond donors (Lipinski definition) is 2. The zero-order chi connectivity index (χ0) is 19.7. The summed E-state index contributed by atoms with van der Waals surface area (Å²) in [4.78, 5) is 34.0. The average molecular weight is 398 g/mol. The number of aryl methyl sites for hydroxylation is 1. The Hall–Kier alpha value is -2.87. The number of hydrogen-bond acceptors (Lipinski definition) is 5. The minimum Gasteiger partial charge on any atom is -0.464 e. The molecule has 0 bridgehead atoms. The number of piperidine rings is 1. The van der Waals surface area contributed by atoms with Crippen LogP contribution in [0.15, 0.2) is 30.3 Å². The molecule has 4 rings (SSSR count). The number of likely N-dealkylation sites (tertiary alicyclic amines) is 1. The molecule has 146 valence electrons. The summed E-state index contributed by atoms with van der Waals surface area (Å²) in [7, 11) is 1.32. The molecule has 2 aromatic heterocycles. The van der Waals surface area contributed by atoms with Crippen molar-refractivity contribution in [3.8, 4) is 0 Å². The number of ether oxygens (including phenoxy) is 1. The van der Waals surface area contributed by atoms with Gasteiger partial charge in [-0.2, -0.15) is 0 Å². The molecule has 0 radical (unpaired) electrons. The Bertz CT molecular complexity index is 985. The van der Waals surface area contributed by atoms with Crippen molar-refractivity contribution in [3.05, 3.63) is 46.7 Å². The van der Waals surface area contributed by atoms with Crippen LogP contribution in [0.2, 0.25) is 0 Å². The number of anilines is 1. The van der Waals surface area contributed by atoms with Gasteiger partial charge < -0.3 is 19.9 Å². The van der Waals surface area contributed by atoms with Gasteiger partial charge in [0.05, 0.1) is 28.0 Å². The summed E-state index contributed by atoms with van der Waals surface area (Å²) in [6.45, 7) is 3.14. The van der Waals surface area contributed by atoms with Crippen molar-refractivity contribution in [2.24, 2.45) is 0 Å². The van der Waals surface area contributed by atoms with E-state index in [1.165, 1.54) is 11.8 Å². The molecule has 7 nitrogen and oxygen atoms in total. The number of H-pyrrole nitrogens is 1. The summed E-state index contributed by atoms with van der Waals surface area (Å²) in [6, 6.07) is 9.70. The number of fused-ring (bicyclic) bond motifs is 1. The summed E-state index contributed by atoms with van der Waals surface area (Å²) in [6.07, 6.45) is 1.76. The highest BCUT2D eigenvalue weighted by Gasteiger charge is 2.27. The molecule has 0 saturated carbocycles. The molecule has 2 N–H and O–H groups in total. The van der Waals surface area contributed by atoms with E-state index in [1.807, 2.05) is 25.1 Å². The van der Waals surface area contributed by atoms with E-state index in [4.69, 9.17) is 9.72 Å². The Morgan fingerprint density at radius 3 is 2.75 bits per heavy atom. The van der Waals surface area contributed by atoms with Gasteiger partial charge in [-0.15, -0.1) is 11.3 Å². The largest absolute Gasteiger partial charge is 0.464 e. The highest BCUT2D eigenvalue weighted by molar-refractivity contribution is 7.18. The number of methoxy groups -OCH3 is 1. The summed E-state index contributed by atoms with van der Waals surface area (Å²) in [5.41, 5.74) is 2.53. The van der Waals surface area contributed by atoms with Gasteiger partial charge in [0.1, 0.15) is 5.69 Å². The van der Waals surface area contributed by atoms with Gasteiger partial charge >= 0.3 is 12.0 Å². The van der Waals surface area contributed by atoms with Crippen LogP contribution in [0.3, 0.4) is 0 Å². The summed E-state index contributed by atoms with van der Waals surface area (Å²) < 4.78 is 5.97. The minimum absolute atomic E-state index is 0.202. The Morgan fingerprint density at radius 1 is 1.29 bits per heavy atom. The maximum Gasteiger partial charge on any atom is 0.356 e. The van der Waals surface area contributed by atoms with E-state index in [0.29, 0.717) is 24.7 Å². The van der Waals surface area contributed by atoms with Gasteiger partial charge in [-0.25, -0.2) is 14.6 Å². The van der Waals surface area contributed by atoms with Gasteiger partial charge in [0.2, 0.25) is 0 Å². The number of thiazole rings is 1. The number of aromatic nitrogens is 2. The quantitative estimate of drug-likeness (QED) is 0.650. The smallest absolute Gasteiger partial charge is 0.356 e. The molecule has 0 unspecified atom stereocenters. The number of rotatable bonds is 3. The number of carbonyl (C=O) groups is 2. The predicted molar refractivity (Wildman–Crippen MR) is 109 cm³/mol. The van der Waals surface area contributed by atoms with E-state index in [1.54, 1.807) is 22.3 Å². The number of aromatic amines is 1. The molecule has 3 aromatic rings. The van der Waals surface area contributed by atoms with Crippen LogP contribution < -0.4 is 5.32 Å². The molecule has 1 saturated heterocycles. The normalized spacial score (nSPS) is 15.0. The Labute approximate surface area is 166 Å². The van der Waals surface area contributed by atoms with E-state index < -0.39 is 5.97 Å². The monoisotopic (exact) mass is 398 g/mol. The van der Waals surface area contributed by atoms with Crippen LogP contribution in [0.5, 0.6) is 0 Å². The third-order valence-corrected chi connectivity index (χ3v) is 6.22. The molecule has 0 spiro atoms. The zero-order valence-electron chi connectivity index (χ0n) is 15.8. The standard InChI is InChI=1S/C20H22N4O3S/c1-12-11-15(17(21-12)19(25)27-2)23-20(26)24-9-7-13(8-10-24)18-22-14-5-3-4-6-16(14)28-18/h3-6,11,13,21H,7-10H2,1-2H3,(H,23,26). The molecule has 1 fully saturated rings. The van der Waals surface area contributed by atoms with Gasteiger partial charge in [0.15, 0.2) is 0 Å². The predicted octanol–water partition coefficient (Wildman–Crippen LogP) is 4.13. The second-order valence-electron chi connectivity index (χ2n) is 6.94. The molecule has 8 heteroatoms. The topological polar surface area (TPSA) is 87.3 Å². The third kappa shape index (κ3) is 3.60.